The summed E-state index contributed by atoms with van der Waals surface area (Å²) in [6, 6.07) is 8.03. The minimum Gasteiger partial charge on any atom is -0.493 e. The van der Waals surface area contributed by atoms with Crippen LogP contribution in [0, 0.1) is 5.82 Å². The second-order valence-corrected chi connectivity index (χ2v) is 5.37. The number of aliphatic hydroxyl groups excluding tert-OH is 1. The molecule has 0 fully saturated rings. The summed E-state index contributed by atoms with van der Waals surface area (Å²) in [5.74, 6) is 1.05. The third kappa shape index (κ3) is 2.92. The van der Waals surface area contributed by atoms with Gasteiger partial charge in [0.15, 0.2) is 11.5 Å². The smallest absolute Gasteiger partial charge is 0.168 e. The number of hydrogen-bond donors (Lipinski definition) is 1. The summed E-state index contributed by atoms with van der Waals surface area (Å²) in [4.78, 5) is 0. The lowest BCUT2D eigenvalue weighted by Crippen LogP contribution is -2.04. The Labute approximate surface area is 130 Å². The van der Waals surface area contributed by atoms with E-state index in [1.807, 2.05) is 6.07 Å². The standard InChI is InChI=1S/C18H21FO3/c1-11(2)14-9-16(21-3)18(22-4)17(15(14)10-20)12-5-7-13(19)8-6-12/h5-9,11,20H,10H2,1-4H3. The zero-order valence-corrected chi connectivity index (χ0v) is 13.3. The molecule has 2 rings (SSSR count). The second-order valence-electron chi connectivity index (χ2n) is 5.37. The SMILES string of the molecule is COc1cc(C(C)C)c(CO)c(-c2ccc(F)cc2)c1OC. The molecule has 3 nitrogen and oxygen atoms in total. The number of hydrogen-bond acceptors (Lipinski definition) is 3. The average Bonchev–Trinajstić information content (AvgIpc) is 2.53. The molecule has 4 heteroatoms. The minimum absolute atomic E-state index is 0.124. The van der Waals surface area contributed by atoms with Crippen molar-refractivity contribution in [2.24, 2.45) is 0 Å². The van der Waals surface area contributed by atoms with Crippen molar-refractivity contribution in [3.63, 3.8) is 0 Å². The predicted molar refractivity (Wildman–Crippen MR) is 85.0 cm³/mol. The van der Waals surface area contributed by atoms with E-state index < -0.39 is 0 Å². The molecule has 0 bridgehead atoms. The summed E-state index contributed by atoms with van der Waals surface area (Å²) in [7, 11) is 3.14. The van der Waals surface area contributed by atoms with Crippen molar-refractivity contribution in [3.05, 3.63) is 47.3 Å². The van der Waals surface area contributed by atoms with Crippen LogP contribution in [-0.4, -0.2) is 19.3 Å². The van der Waals surface area contributed by atoms with Crippen LogP contribution >= 0.6 is 0 Å². The summed E-state index contributed by atoms with van der Waals surface area (Å²) < 4.78 is 24.1. The molecular formula is C18H21FO3. The summed E-state index contributed by atoms with van der Waals surface area (Å²) >= 11 is 0. The molecule has 0 saturated heterocycles. The minimum atomic E-state index is -0.305. The van der Waals surface area contributed by atoms with E-state index in [0.717, 1.165) is 22.3 Å². The molecule has 1 N–H and O–H groups in total. The molecule has 0 saturated carbocycles. The molecule has 0 heterocycles. The molecule has 0 amide bonds. The van der Waals surface area contributed by atoms with Crippen molar-refractivity contribution < 1.29 is 19.0 Å². The first kappa shape index (κ1) is 16.3. The maximum atomic E-state index is 13.2. The molecule has 0 atom stereocenters. The van der Waals surface area contributed by atoms with Gasteiger partial charge in [-0.2, -0.15) is 0 Å². The predicted octanol–water partition coefficient (Wildman–Crippen LogP) is 4.13. The van der Waals surface area contributed by atoms with Crippen molar-refractivity contribution in [3.8, 4) is 22.6 Å². The van der Waals surface area contributed by atoms with Gasteiger partial charge in [-0.1, -0.05) is 26.0 Å². The van der Waals surface area contributed by atoms with Gasteiger partial charge in [0.25, 0.3) is 0 Å². The normalized spacial score (nSPS) is 10.9. The van der Waals surface area contributed by atoms with E-state index in [1.165, 1.54) is 12.1 Å². The molecule has 22 heavy (non-hydrogen) atoms. The Kier molecular flexibility index (Phi) is 5.03. The maximum Gasteiger partial charge on any atom is 0.168 e. The highest BCUT2D eigenvalue weighted by Gasteiger charge is 2.21. The molecule has 2 aromatic rings. The van der Waals surface area contributed by atoms with Gasteiger partial charge in [-0.05, 0) is 40.8 Å². The highest BCUT2D eigenvalue weighted by atomic mass is 19.1. The Morgan fingerprint density at radius 1 is 1.09 bits per heavy atom. The van der Waals surface area contributed by atoms with E-state index in [2.05, 4.69) is 13.8 Å². The lowest BCUT2D eigenvalue weighted by Gasteiger charge is -2.21. The fourth-order valence-electron chi connectivity index (χ4n) is 2.66. The highest BCUT2D eigenvalue weighted by molar-refractivity contribution is 5.79. The Bertz CT molecular complexity index is 648. The van der Waals surface area contributed by atoms with Crippen molar-refractivity contribution >= 4 is 0 Å². The Morgan fingerprint density at radius 2 is 1.73 bits per heavy atom. The van der Waals surface area contributed by atoms with Crippen LogP contribution in [0.25, 0.3) is 11.1 Å². The van der Waals surface area contributed by atoms with Crippen molar-refractivity contribution in [2.75, 3.05) is 14.2 Å². The number of rotatable bonds is 5. The van der Waals surface area contributed by atoms with Gasteiger partial charge in [0, 0.05) is 5.56 Å². The van der Waals surface area contributed by atoms with E-state index in [4.69, 9.17) is 9.47 Å². The van der Waals surface area contributed by atoms with Gasteiger partial charge in [0.05, 0.1) is 20.8 Å². The summed E-state index contributed by atoms with van der Waals surface area (Å²) in [5.41, 5.74) is 3.29. The first-order chi connectivity index (χ1) is 10.5. The Hall–Kier alpha value is -2.07. The van der Waals surface area contributed by atoms with Gasteiger partial charge in [-0.25, -0.2) is 4.39 Å². The number of ether oxygens (including phenoxy) is 2. The van der Waals surface area contributed by atoms with Crippen LogP contribution in [-0.2, 0) is 6.61 Å². The molecule has 0 aliphatic rings. The van der Waals surface area contributed by atoms with Crippen molar-refractivity contribution in [1.29, 1.82) is 0 Å². The van der Waals surface area contributed by atoms with E-state index in [-0.39, 0.29) is 18.3 Å². The lowest BCUT2D eigenvalue weighted by molar-refractivity contribution is 0.279. The van der Waals surface area contributed by atoms with Crippen LogP contribution in [0.5, 0.6) is 11.5 Å². The zero-order valence-electron chi connectivity index (χ0n) is 13.3. The molecule has 0 aromatic heterocycles. The molecule has 0 aliphatic heterocycles. The van der Waals surface area contributed by atoms with Crippen LogP contribution in [0.15, 0.2) is 30.3 Å². The van der Waals surface area contributed by atoms with Crippen molar-refractivity contribution in [1.82, 2.24) is 0 Å². The topological polar surface area (TPSA) is 38.7 Å². The molecule has 2 aromatic carbocycles. The van der Waals surface area contributed by atoms with E-state index in [1.54, 1.807) is 26.4 Å². The molecule has 0 radical (unpaired) electrons. The zero-order chi connectivity index (χ0) is 16.3. The van der Waals surface area contributed by atoms with Gasteiger partial charge in [0.1, 0.15) is 5.82 Å². The maximum absolute atomic E-state index is 13.2. The lowest BCUT2D eigenvalue weighted by atomic mass is 9.89. The first-order valence-electron chi connectivity index (χ1n) is 7.18. The first-order valence-corrected chi connectivity index (χ1v) is 7.18. The van der Waals surface area contributed by atoms with Crippen molar-refractivity contribution in [2.45, 2.75) is 26.4 Å². The number of aliphatic hydroxyl groups is 1. The number of methoxy groups -OCH3 is 2. The van der Waals surface area contributed by atoms with E-state index in [0.29, 0.717) is 11.5 Å². The van der Waals surface area contributed by atoms with E-state index >= 15 is 0 Å². The molecule has 118 valence electrons. The van der Waals surface area contributed by atoms with Crippen LogP contribution in [0.4, 0.5) is 4.39 Å². The quantitative estimate of drug-likeness (QED) is 0.903. The molecule has 0 spiro atoms. The third-order valence-corrected chi connectivity index (χ3v) is 3.72. The molecular weight excluding hydrogens is 283 g/mol. The second kappa shape index (κ2) is 6.79. The van der Waals surface area contributed by atoms with Crippen LogP contribution in [0.2, 0.25) is 0 Å². The number of benzene rings is 2. The summed E-state index contributed by atoms with van der Waals surface area (Å²) in [6.07, 6.45) is 0. The summed E-state index contributed by atoms with van der Waals surface area (Å²) in [6.45, 7) is 3.98. The highest BCUT2D eigenvalue weighted by Crippen LogP contribution is 2.44. The molecule has 0 aliphatic carbocycles. The Balaban J connectivity index is 2.82. The molecule has 0 unspecified atom stereocenters. The van der Waals surface area contributed by atoms with Crippen LogP contribution < -0.4 is 9.47 Å². The number of halogens is 1. The van der Waals surface area contributed by atoms with Crippen LogP contribution in [0.1, 0.15) is 30.9 Å². The average molecular weight is 304 g/mol. The van der Waals surface area contributed by atoms with Gasteiger partial charge in [-0.15, -0.1) is 0 Å². The largest absolute Gasteiger partial charge is 0.493 e. The van der Waals surface area contributed by atoms with Gasteiger partial charge in [-0.3, -0.25) is 0 Å². The third-order valence-electron chi connectivity index (χ3n) is 3.72. The van der Waals surface area contributed by atoms with Gasteiger partial charge < -0.3 is 14.6 Å². The van der Waals surface area contributed by atoms with E-state index in [9.17, 15) is 9.50 Å². The Morgan fingerprint density at radius 3 is 2.18 bits per heavy atom. The monoisotopic (exact) mass is 304 g/mol. The fourth-order valence-corrected chi connectivity index (χ4v) is 2.66. The van der Waals surface area contributed by atoms with Gasteiger partial charge in [0.2, 0.25) is 0 Å². The van der Waals surface area contributed by atoms with Gasteiger partial charge >= 0.3 is 0 Å². The summed E-state index contributed by atoms with van der Waals surface area (Å²) in [5, 5.41) is 9.88. The fraction of sp³-hybridized carbons (Fsp3) is 0.333. The van der Waals surface area contributed by atoms with Crippen LogP contribution in [0.3, 0.4) is 0 Å².